The zero-order valence-corrected chi connectivity index (χ0v) is 31.3. The number of Topliss-reactive ketones (excluding diaryl/α,β-unsaturated/α-hetero) is 1. The Morgan fingerprint density at radius 1 is 0.875 bits per heavy atom. The summed E-state index contributed by atoms with van der Waals surface area (Å²) in [6, 6.07) is 29.5. The molecule has 48 heavy (non-hydrogen) atoms. The molecule has 3 aromatic carbocycles. The number of primary amides is 1. The molecular formula is C43H66N2O3. The molecule has 5 heteroatoms. The Bertz CT molecular complexity index is 1180. The molecule has 0 saturated heterocycles. The Hall–Kier alpha value is -3.83. The number of benzene rings is 3. The maximum Gasteiger partial charge on any atom is 0.204 e. The van der Waals surface area contributed by atoms with Gasteiger partial charge in [0.25, 0.3) is 0 Å². The number of fused-ring (bicyclic) bond motifs is 1. The van der Waals surface area contributed by atoms with E-state index in [1.54, 1.807) is 30.5 Å². The van der Waals surface area contributed by atoms with Gasteiger partial charge in [-0.1, -0.05) is 131 Å². The predicted octanol–water partition coefficient (Wildman–Crippen LogP) is 10.3. The number of amides is 1. The molecule has 0 heterocycles. The number of aryl methyl sites for hydroxylation is 3. The summed E-state index contributed by atoms with van der Waals surface area (Å²) >= 11 is 0. The minimum absolute atomic E-state index is 0.131. The molecule has 1 aliphatic carbocycles. The summed E-state index contributed by atoms with van der Waals surface area (Å²) in [4.78, 5) is 23.1. The first-order valence-electron chi connectivity index (χ1n) is 17.7. The highest BCUT2D eigenvalue weighted by Gasteiger charge is 2.10. The van der Waals surface area contributed by atoms with Crippen molar-refractivity contribution in [3.63, 3.8) is 0 Å². The fraction of sp³-hybridized carbons (Fsp3) is 0.465. The van der Waals surface area contributed by atoms with Gasteiger partial charge in [0.15, 0.2) is 0 Å². The van der Waals surface area contributed by atoms with E-state index in [0.717, 1.165) is 38.5 Å². The molecule has 0 radical (unpaired) electrons. The van der Waals surface area contributed by atoms with Crippen molar-refractivity contribution in [3.8, 4) is 0 Å². The third kappa shape index (κ3) is 27.3. The van der Waals surface area contributed by atoms with Crippen LogP contribution in [0.15, 0.2) is 102 Å². The summed E-state index contributed by atoms with van der Waals surface area (Å²) in [7, 11) is 0. The molecule has 0 aromatic heterocycles. The summed E-state index contributed by atoms with van der Waals surface area (Å²) < 4.78 is 0. The summed E-state index contributed by atoms with van der Waals surface area (Å²) in [6.45, 7) is 16.0. The normalized spacial score (nSPS) is 12.8. The number of nitrogens with two attached hydrogens (primary N) is 1. The maximum absolute atomic E-state index is 10.8. The lowest BCUT2D eigenvalue weighted by Gasteiger charge is -2.14. The number of allylic oxidation sites excluding steroid dienone is 1. The zero-order chi connectivity index (χ0) is 36.4. The molecule has 5 nitrogen and oxygen atoms in total. The molecular weight excluding hydrogens is 592 g/mol. The van der Waals surface area contributed by atoms with Gasteiger partial charge in [-0.05, 0) is 102 Å². The van der Waals surface area contributed by atoms with E-state index < -0.39 is 0 Å². The predicted molar refractivity (Wildman–Crippen MR) is 208 cm³/mol. The van der Waals surface area contributed by atoms with E-state index in [0.29, 0.717) is 17.6 Å². The van der Waals surface area contributed by atoms with Crippen LogP contribution in [0, 0.1) is 18.8 Å². The van der Waals surface area contributed by atoms with Crippen molar-refractivity contribution >= 4 is 18.4 Å². The van der Waals surface area contributed by atoms with Gasteiger partial charge in [0.05, 0.1) is 6.10 Å². The van der Waals surface area contributed by atoms with Crippen LogP contribution in [0.25, 0.3) is 0 Å². The van der Waals surface area contributed by atoms with Crippen LogP contribution in [0.3, 0.4) is 0 Å². The number of carbonyl (C=O) groups is 2. The first-order valence-corrected chi connectivity index (χ1v) is 17.7. The lowest BCUT2D eigenvalue weighted by atomic mass is 9.95. The number of carbonyl (C=O) groups excluding carboxylic acids is 2. The SMILES string of the molecule is CC=N/C=C\C.CCC(O)CC(C)Cc1ccccc1.CCCC(CC)C(C)=O.Cc1ccccc1.NC=O.c1ccc2c(c1)CCC2. The van der Waals surface area contributed by atoms with Gasteiger partial charge in [-0.2, -0.15) is 0 Å². The lowest BCUT2D eigenvalue weighted by molar-refractivity contribution is -0.121. The molecule has 3 unspecified atom stereocenters. The number of hydrogen-bond acceptors (Lipinski definition) is 4. The molecule has 3 aromatic rings. The van der Waals surface area contributed by atoms with Crippen molar-refractivity contribution < 1.29 is 14.7 Å². The van der Waals surface area contributed by atoms with Crippen LogP contribution in [0.2, 0.25) is 0 Å². The van der Waals surface area contributed by atoms with Crippen LogP contribution in [0.5, 0.6) is 0 Å². The van der Waals surface area contributed by atoms with Gasteiger partial charge < -0.3 is 10.8 Å². The van der Waals surface area contributed by atoms with Gasteiger partial charge >= 0.3 is 0 Å². The third-order valence-electron chi connectivity index (χ3n) is 7.61. The highest BCUT2D eigenvalue weighted by Crippen LogP contribution is 2.20. The molecule has 0 aliphatic heterocycles. The van der Waals surface area contributed by atoms with Crippen LogP contribution >= 0.6 is 0 Å². The average molecular weight is 659 g/mol. The van der Waals surface area contributed by atoms with Gasteiger partial charge in [-0.15, -0.1) is 0 Å². The molecule has 0 spiro atoms. The van der Waals surface area contributed by atoms with E-state index >= 15 is 0 Å². The second-order valence-electron chi connectivity index (χ2n) is 11.9. The first kappa shape index (κ1) is 46.3. The second kappa shape index (κ2) is 33.1. The zero-order valence-electron chi connectivity index (χ0n) is 31.3. The monoisotopic (exact) mass is 659 g/mol. The molecule has 266 valence electrons. The Morgan fingerprint density at radius 3 is 1.71 bits per heavy atom. The Balaban J connectivity index is 0. The first-order chi connectivity index (χ1) is 23.1. The van der Waals surface area contributed by atoms with Crippen molar-refractivity contribution in [2.45, 2.75) is 119 Å². The summed E-state index contributed by atoms with van der Waals surface area (Å²) in [5.74, 6) is 1.24. The van der Waals surface area contributed by atoms with Crippen molar-refractivity contribution in [3.05, 3.63) is 119 Å². The van der Waals surface area contributed by atoms with Crippen LogP contribution in [0.1, 0.15) is 109 Å². The number of aliphatic hydroxyl groups excluding tert-OH is 1. The van der Waals surface area contributed by atoms with Gasteiger partial charge in [0, 0.05) is 18.3 Å². The van der Waals surface area contributed by atoms with Crippen molar-refractivity contribution in [2.24, 2.45) is 22.6 Å². The van der Waals surface area contributed by atoms with Gasteiger partial charge in [-0.25, -0.2) is 0 Å². The number of aliphatic imine (C=N–C) groups is 1. The van der Waals surface area contributed by atoms with E-state index in [1.807, 2.05) is 51.1 Å². The molecule has 0 fully saturated rings. The molecule has 1 aliphatic rings. The third-order valence-corrected chi connectivity index (χ3v) is 7.61. The number of rotatable bonds is 10. The largest absolute Gasteiger partial charge is 0.393 e. The Morgan fingerprint density at radius 2 is 1.38 bits per heavy atom. The van der Waals surface area contributed by atoms with Crippen LogP contribution in [-0.4, -0.2) is 29.6 Å². The van der Waals surface area contributed by atoms with Crippen LogP contribution in [0.4, 0.5) is 0 Å². The van der Waals surface area contributed by atoms with Crippen molar-refractivity contribution in [2.75, 3.05) is 0 Å². The summed E-state index contributed by atoms with van der Waals surface area (Å²) in [6.07, 6.45) is 15.5. The fourth-order valence-electron chi connectivity index (χ4n) is 5.00. The topological polar surface area (TPSA) is 92.8 Å². The van der Waals surface area contributed by atoms with Crippen LogP contribution in [-0.2, 0) is 28.9 Å². The highest BCUT2D eigenvalue weighted by atomic mass is 16.3. The quantitative estimate of drug-likeness (QED) is 0.168. The fourth-order valence-corrected chi connectivity index (χ4v) is 5.00. The Kier molecular flexibility index (Phi) is 31.9. The van der Waals surface area contributed by atoms with Crippen LogP contribution < -0.4 is 5.73 Å². The van der Waals surface area contributed by atoms with Crippen molar-refractivity contribution in [1.29, 1.82) is 0 Å². The van der Waals surface area contributed by atoms with E-state index in [4.69, 9.17) is 4.79 Å². The number of ketones is 1. The van der Waals surface area contributed by atoms with E-state index in [-0.39, 0.29) is 12.5 Å². The lowest BCUT2D eigenvalue weighted by Crippen LogP contribution is -2.12. The van der Waals surface area contributed by atoms with E-state index in [2.05, 4.69) is 99.1 Å². The minimum Gasteiger partial charge on any atom is -0.393 e. The molecule has 3 atom stereocenters. The minimum atomic E-state index is -0.131. The summed E-state index contributed by atoms with van der Waals surface area (Å²) in [5, 5.41) is 9.51. The molecule has 0 saturated carbocycles. The second-order valence-corrected chi connectivity index (χ2v) is 11.9. The maximum atomic E-state index is 10.8. The number of aliphatic hydroxyl groups is 1. The van der Waals surface area contributed by atoms with Gasteiger partial charge in [-0.3, -0.25) is 14.6 Å². The molecule has 1 amide bonds. The average Bonchev–Trinajstić information content (AvgIpc) is 3.57. The smallest absolute Gasteiger partial charge is 0.204 e. The number of hydrogen-bond donors (Lipinski definition) is 2. The molecule has 4 rings (SSSR count). The highest BCUT2D eigenvalue weighted by molar-refractivity contribution is 5.78. The van der Waals surface area contributed by atoms with Gasteiger partial charge in [0.1, 0.15) is 5.78 Å². The standard InChI is InChI=1S/C13H20O.C9H10.C8H16O.C7H8.C5H9N.CH3NO/c1-3-13(14)10-11(2)9-12-7-5-4-6-8-12;1-2-5-9-7-3-6-8(9)4-1;1-4-6-8(5-2)7(3)9;1-7-5-3-2-4-6-7;1-3-5-6-4-2;2-1-3/h4-8,11,13-14H,3,9-10H2,1-2H3;1-2,4-5H,3,6-7H2;8H,4-6H2,1-3H3;2-6H,1H3;3-5H,1-2H3;1H,(H2,2,3)/b;;;;5-3-,6-4?;. The summed E-state index contributed by atoms with van der Waals surface area (Å²) in [5.41, 5.74) is 9.99. The molecule has 3 N–H and O–H groups in total. The van der Waals surface area contributed by atoms with Gasteiger partial charge in [0.2, 0.25) is 6.41 Å². The molecule has 0 bridgehead atoms. The van der Waals surface area contributed by atoms with E-state index in [9.17, 15) is 9.90 Å². The van der Waals surface area contributed by atoms with Crippen molar-refractivity contribution in [1.82, 2.24) is 0 Å². The number of nitrogens with zero attached hydrogens (tertiary/aromatic N) is 1. The Labute approximate surface area is 293 Å². The van der Waals surface area contributed by atoms with E-state index in [1.165, 1.54) is 30.4 Å².